The van der Waals surface area contributed by atoms with Gasteiger partial charge in [0.1, 0.15) is 0 Å². The summed E-state index contributed by atoms with van der Waals surface area (Å²) in [6.45, 7) is 5.33. The maximum Gasteiger partial charge on any atom is 0.0595 e. The van der Waals surface area contributed by atoms with E-state index >= 15 is 0 Å². The number of hydrogen-bond acceptors (Lipinski definition) is 4. The van der Waals surface area contributed by atoms with Gasteiger partial charge in [-0.3, -0.25) is 9.88 Å². The number of nitrogens with zero attached hydrogens (tertiary/aromatic N) is 2. The molecule has 3 rings (SSSR count). The van der Waals surface area contributed by atoms with Gasteiger partial charge in [-0.25, -0.2) is 0 Å². The molecular formula is C15H23N3O. The molecule has 2 aliphatic rings. The van der Waals surface area contributed by atoms with Gasteiger partial charge in [-0.1, -0.05) is 0 Å². The third-order valence-corrected chi connectivity index (χ3v) is 4.35. The number of likely N-dealkylation sites (tertiary alicyclic amines) is 1. The Morgan fingerprint density at radius 3 is 3.05 bits per heavy atom. The predicted molar refractivity (Wildman–Crippen MR) is 75.0 cm³/mol. The van der Waals surface area contributed by atoms with Gasteiger partial charge >= 0.3 is 0 Å². The van der Waals surface area contributed by atoms with Crippen LogP contribution in [0.2, 0.25) is 0 Å². The first kappa shape index (κ1) is 13.0. The number of pyridine rings is 1. The van der Waals surface area contributed by atoms with Crippen LogP contribution in [0.25, 0.3) is 0 Å². The third kappa shape index (κ3) is 2.96. The van der Waals surface area contributed by atoms with Crippen molar-refractivity contribution >= 4 is 0 Å². The Hall–Kier alpha value is -0.970. The first-order valence-corrected chi connectivity index (χ1v) is 7.28. The fraction of sp³-hybridized carbons (Fsp3) is 0.667. The summed E-state index contributed by atoms with van der Waals surface area (Å²) < 4.78 is 5.43. The second-order valence-electron chi connectivity index (χ2n) is 5.53. The molecule has 4 heteroatoms. The fourth-order valence-electron chi connectivity index (χ4n) is 3.14. The molecule has 104 valence electrons. The van der Waals surface area contributed by atoms with Crippen molar-refractivity contribution in [2.24, 2.45) is 0 Å². The topological polar surface area (TPSA) is 37.4 Å². The largest absolute Gasteiger partial charge is 0.381 e. The fourth-order valence-corrected chi connectivity index (χ4v) is 3.14. The van der Waals surface area contributed by atoms with Gasteiger partial charge in [0.15, 0.2) is 0 Å². The molecule has 0 atom stereocenters. The predicted octanol–water partition coefficient (Wildman–Crippen LogP) is 1.34. The molecular weight excluding hydrogens is 238 g/mol. The second-order valence-corrected chi connectivity index (χ2v) is 5.53. The van der Waals surface area contributed by atoms with Crippen LogP contribution in [0.5, 0.6) is 0 Å². The van der Waals surface area contributed by atoms with E-state index in [1.807, 2.05) is 13.3 Å². The van der Waals surface area contributed by atoms with Crippen LogP contribution in [-0.2, 0) is 24.2 Å². The zero-order valence-corrected chi connectivity index (χ0v) is 11.7. The van der Waals surface area contributed by atoms with Crippen molar-refractivity contribution in [1.29, 1.82) is 0 Å². The van der Waals surface area contributed by atoms with Crippen LogP contribution in [0.3, 0.4) is 0 Å². The first-order valence-electron chi connectivity index (χ1n) is 7.28. The summed E-state index contributed by atoms with van der Waals surface area (Å²) in [7, 11) is 1.82. The summed E-state index contributed by atoms with van der Waals surface area (Å²) in [6.07, 6.45) is 5.83. The second kappa shape index (κ2) is 5.99. The third-order valence-electron chi connectivity index (χ3n) is 4.35. The molecule has 4 nitrogen and oxygen atoms in total. The van der Waals surface area contributed by atoms with Gasteiger partial charge in [-0.2, -0.15) is 0 Å². The molecule has 3 heterocycles. The van der Waals surface area contributed by atoms with Crippen molar-refractivity contribution < 1.29 is 4.74 Å². The molecule has 1 aromatic heterocycles. The number of methoxy groups -OCH3 is 1. The number of fused-ring (bicyclic) bond motifs is 1. The van der Waals surface area contributed by atoms with Gasteiger partial charge in [0.2, 0.25) is 0 Å². The van der Waals surface area contributed by atoms with E-state index in [0.717, 1.165) is 52.0 Å². The van der Waals surface area contributed by atoms with Gasteiger partial charge in [0.25, 0.3) is 0 Å². The van der Waals surface area contributed by atoms with E-state index < -0.39 is 0 Å². The number of nitrogens with one attached hydrogen (secondary N) is 1. The SMILES string of the molecule is COC1CCN(Cc2nccc3c2CCNC3)CC1. The van der Waals surface area contributed by atoms with Gasteiger partial charge in [-0.05, 0) is 43.0 Å². The minimum absolute atomic E-state index is 0.457. The summed E-state index contributed by atoms with van der Waals surface area (Å²) in [5.74, 6) is 0. The van der Waals surface area contributed by atoms with Gasteiger partial charge in [0, 0.05) is 39.5 Å². The first-order chi connectivity index (χ1) is 9.36. The average Bonchev–Trinajstić information content (AvgIpc) is 2.48. The molecule has 0 bridgehead atoms. The summed E-state index contributed by atoms with van der Waals surface area (Å²) in [5, 5.41) is 3.43. The Balaban J connectivity index is 1.67. The van der Waals surface area contributed by atoms with Gasteiger partial charge < -0.3 is 10.1 Å². The molecule has 1 fully saturated rings. The normalized spacial score (nSPS) is 21.3. The Morgan fingerprint density at radius 1 is 1.42 bits per heavy atom. The quantitative estimate of drug-likeness (QED) is 0.891. The van der Waals surface area contributed by atoms with Crippen LogP contribution in [0.1, 0.15) is 29.7 Å². The van der Waals surface area contributed by atoms with Crippen LogP contribution in [0.4, 0.5) is 0 Å². The van der Waals surface area contributed by atoms with E-state index in [2.05, 4.69) is 21.3 Å². The molecule has 2 aliphatic heterocycles. The zero-order valence-electron chi connectivity index (χ0n) is 11.7. The van der Waals surface area contributed by atoms with Crippen LogP contribution >= 0.6 is 0 Å². The lowest BCUT2D eigenvalue weighted by Crippen LogP contribution is -2.37. The molecule has 0 spiro atoms. The molecule has 1 aromatic rings. The van der Waals surface area contributed by atoms with Crippen molar-refractivity contribution in [1.82, 2.24) is 15.2 Å². The molecule has 0 radical (unpaired) electrons. The van der Waals surface area contributed by atoms with Crippen molar-refractivity contribution in [2.75, 3.05) is 26.7 Å². The lowest BCUT2D eigenvalue weighted by molar-refractivity contribution is 0.0384. The molecule has 0 aliphatic carbocycles. The van der Waals surface area contributed by atoms with Crippen molar-refractivity contribution in [3.63, 3.8) is 0 Å². The highest BCUT2D eigenvalue weighted by Crippen LogP contribution is 2.20. The number of aromatic nitrogens is 1. The zero-order chi connectivity index (χ0) is 13.1. The van der Waals surface area contributed by atoms with Gasteiger partial charge in [-0.15, -0.1) is 0 Å². The summed E-state index contributed by atoms with van der Waals surface area (Å²) in [5.41, 5.74) is 4.20. The van der Waals surface area contributed by atoms with Crippen molar-refractivity contribution in [3.8, 4) is 0 Å². The van der Waals surface area contributed by atoms with E-state index in [4.69, 9.17) is 4.74 Å². The van der Waals surface area contributed by atoms with Crippen molar-refractivity contribution in [2.45, 2.75) is 38.5 Å². The monoisotopic (exact) mass is 261 g/mol. The highest BCUT2D eigenvalue weighted by atomic mass is 16.5. The number of ether oxygens (including phenoxy) is 1. The number of hydrogen-bond donors (Lipinski definition) is 1. The average molecular weight is 261 g/mol. The number of piperidine rings is 1. The highest BCUT2D eigenvalue weighted by Gasteiger charge is 2.21. The van der Waals surface area contributed by atoms with E-state index in [-0.39, 0.29) is 0 Å². The maximum absolute atomic E-state index is 5.43. The lowest BCUT2D eigenvalue weighted by Gasteiger charge is -2.31. The maximum atomic E-state index is 5.43. The molecule has 0 saturated carbocycles. The van der Waals surface area contributed by atoms with Crippen molar-refractivity contribution in [3.05, 3.63) is 29.1 Å². The Bertz CT molecular complexity index is 427. The van der Waals surface area contributed by atoms with Crippen LogP contribution in [0.15, 0.2) is 12.3 Å². The molecule has 19 heavy (non-hydrogen) atoms. The minimum Gasteiger partial charge on any atom is -0.381 e. The van der Waals surface area contributed by atoms with E-state index in [1.165, 1.54) is 16.8 Å². The molecule has 1 N–H and O–H groups in total. The standard InChI is InChI=1S/C15H23N3O/c1-19-13-4-8-18(9-5-13)11-15-14-3-6-16-10-12(14)2-7-17-15/h2,7,13,16H,3-6,8-11H2,1H3. The highest BCUT2D eigenvalue weighted by molar-refractivity contribution is 5.32. The Morgan fingerprint density at radius 2 is 2.26 bits per heavy atom. The molecule has 0 unspecified atom stereocenters. The Labute approximate surface area is 115 Å². The summed E-state index contributed by atoms with van der Waals surface area (Å²) in [4.78, 5) is 7.14. The minimum atomic E-state index is 0.457. The van der Waals surface area contributed by atoms with E-state index in [1.54, 1.807) is 0 Å². The molecule has 1 saturated heterocycles. The summed E-state index contributed by atoms with van der Waals surface area (Å²) >= 11 is 0. The van der Waals surface area contributed by atoms with Crippen LogP contribution < -0.4 is 5.32 Å². The molecule has 0 aromatic carbocycles. The van der Waals surface area contributed by atoms with E-state index in [9.17, 15) is 0 Å². The van der Waals surface area contributed by atoms with Gasteiger partial charge in [0.05, 0.1) is 11.8 Å². The van der Waals surface area contributed by atoms with Crippen LogP contribution in [0, 0.1) is 0 Å². The summed E-state index contributed by atoms with van der Waals surface area (Å²) in [6, 6.07) is 2.15. The molecule has 0 amide bonds. The smallest absolute Gasteiger partial charge is 0.0595 e. The lowest BCUT2D eigenvalue weighted by atomic mass is 9.99. The number of rotatable bonds is 3. The Kier molecular flexibility index (Phi) is 4.11. The van der Waals surface area contributed by atoms with Crippen LogP contribution in [-0.4, -0.2) is 42.7 Å². The van der Waals surface area contributed by atoms with E-state index in [0.29, 0.717) is 6.10 Å².